The molecule has 0 amide bonds. The summed E-state index contributed by atoms with van der Waals surface area (Å²) in [7, 11) is 0. The zero-order chi connectivity index (χ0) is 22.9. The lowest BCUT2D eigenvalue weighted by Crippen LogP contribution is -2.46. The highest BCUT2D eigenvalue weighted by atomic mass is 19.1. The summed E-state index contributed by atoms with van der Waals surface area (Å²) in [4.78, 5) is 30.6. The van der Waals surface area contributed by atoms with Gasteiger partial charge < -0.3 is 14.4 Å². The first-order valence-electron chi connectivity index (χ1n) is 11.7. The maximum absolute atomic E-state index is 15.2. The maximum Gasteiger partial charge on any atom is 0.200 e. The number of allylic oxidation sites excluding steroid dienone is 1. The van der Waals surface area contributed by atoms with Crippen molar-refractivity contribution in [2.75, 3.05) is 37.6 Å². The number of piperazine rings is 1. The lowest BCUT2D eigenvalue weighted by Gasteiger charge is -2.35. The number of nitrogens with zero attached hydrogens (tertiary/aromatic N) is 3. The lowest BCUT2D eigenvalue weighted by molar-refractivity contribution is 0.104. The van der Waals surface area contributed by atoms with Crippen LogP contribution in [-0.2, 0) is 0 Å². The molecule has 1 aliphatic carbocycles. The summed E-state index contributed by atoms with van der Waals surface area (Å²) in [5.74, 6) is -0.767. The average molecular weight is 446 g/mol. The highest BCUT2D eigenvalue weighted by Crippen LogP contribution is 2.38. The summed E-state index contributed by atoms with van der Waals surface area (Å²) in [5, 5.41) is 0.273. The van der Waals surface area contributed by atoms with Crippen LogP contribution in [0.15, 0.2) is 59.5 Å². The molecule has 0 spiro atoms. The predicted molar refractivity (Wildman–Crippen MR) is 131 cm³/mol. The fraction of sp³-hybridized carbons (Fsp3) is 0.333. The number of pyridine rings is 1. The van der Waals surface area contributed by atoms with Crippen molar-refractivity contribution in [3.63, 3.8) is 0 Å². The molecule has 2 aliphatic rings. The summed E-state index contributed by atoms with van der Waals surface area (Å²) in [6, 6.07) is 12.9. The molecule has 0 atom stereocenters. The summed E-state index contributed by atoms with van der Waals surface area (Å²) >= 11 is 0. The van der Waals surface area contributed by atoms with Gasteiger partial charge in [0.05, 0.1) is 16.8 Å². The molecule has 2 aromatic carbocycles. The summed E-state index contributed by atoms with van der Waals surface area (Å²) in [6.45, 7) is 6.42. The first kappa shape index (κ1) is 21.6. The van der Waals surface area contributed by atoms with Crippen molar-refractivity contribution in [2.45, 2.75) is 25.8 Å². The molecular weight excluding hydrogens is 417 g/mol. The largest absolute Gasteiger partial charge is 0.367 e. The third kappa shape index (κ3) is 4.35. The molecular formula is C27H28FN3O2. The third-order valence-electron chi connectivity index (χ3n) is 6.69. The second-order valence-corrected chi connectivity index (χ2v) is 8.86. The minimum Gasteiger partial charge on any atom is -0.367 e. The Morgan fingerprint density at radius 3 is 2.48 bits per heavy atom. The van der Waals surface area contributed by atoms with Crippen molar-refractivity contribution >= 4 is 28.4 Å². The number of likely N-dealkylation sites (N-methyl/N-ethyl adjacent to an activating group) is 1. The van der Waals surface area contributed by atoms with E-state index in [1.165, 1.54) is 12.1 Å². The number of hydrogen-bond donors (Lipinski definition) is 0. The van der Waals surface area contributed by atoms with Gasteiger partial charge in [-0.1, -0.05) is 43.3 Å². The number of hydrogen-bond acceptors (Lipinski definition) is 4. The monoisotopic (exact) mass is 445 g/mol. The Kier molecular flexibility index (Phi) is 5.85. The smallest absolute Gasteiger partial charge is 0.200 e. The molecule has 5 rings (SSSR count). The molecule has 1 aliphatic heterocycles. The molecule has 0 N–H and O–H groups in total. The average Bonchev–Trinajstić information content (AvgIpc) is 3.69. The molecule has 33 heavy (non-hydrogen) atoms. The van der Waals surface area contributed by atoms with Gasteiger partial charge >= 0.3 is 0 Å². The minimum atomic E-state index is -0.411. The van der Waals surface area contributed by atoms with Crippen molar-refractivity contribution < 1.29 is 9.18 Å². The Morgan fingerprint density at radius 2 is 1.82 bits per heavy atom. The second kappa shape index (κ2) is 8.94. The van der Waals surface area contributed by atoms with Crippen molar-refractivity contribution in [3.8, 4) is 0 Å². The minimum absolute atomic E-state index is 0.0882. The van der Waals surface area contributed by atoms with Gasteiger partial charge in [0.15, 0.2) is 5.78 Å². The van der Waals surface area contributed by atoms with Gasteiger partial charge in [-0.05, 0) is 43.2 Å². The summed E-state index contributed by atoms with van der Waals surface area (Å²) in [5.41, 5.74) is 1.81. The van der Waals surface area contributed by atoms with E-state index in [2.05, 4.69) is 16.7 Å². The molecule has 1 saturated carbocycles. The number of benzene rings is 2. The van der Waals surface area contributed by atoms with Crippen LogP contribution in [0.3, 0.4) is 0 Å². The van der Waals surface area contributed by atoms with E-state index in [0.717, 1.165) is 51.1 Å². The first-order chi connectivity index (χ1) is 16.0. The molecule has 6 heteroatoms. The number of halogens is 1. The van der Waals surface area contributed by atoms with E-state index in [1.807, 2.05) is 34.9 Å². The number of carbonyl (C=O) groups excluding carboxylic acids is 1. The Bertz CT molecular complexity index is 1270. The lowest BCUT2D eigenvalue weighted by atomic mass is 10.1. The number of anilines is 1. The quantitative estimate of drug-likeness (QED) is 0.414. The highest BCUT2D eigenvalue weighted by Gasteiger charge is 2.28. The zero-order valence-corrected chi connectivity index (χ0v) is 18.8. The maximum atomic E-state index is 15.2. The van der Waals surface area contributed by atoms with Crippen molar-refractivity contribution in [1.29, 1.82) is 0 Å². The van der Waals surface area contributed by atoms with Crippen molar-refractivity contribution in [2.24, 2.45) is 0 Å². The van der Waals surface area contributed by atoms with Crippen LogP contribution < -0.4 is 10.3 Å². The van der Waals surface area contributed by atoms with E-state index in [1.54, 1.807) is 18.3 Å². The van der Waals surface area contributed by atoms with Gasteiger partial charge in [0.25, 0.3) is 0 Å². The zero-order valence-electron chi connectivity index (χ0n) is 18.8. The van der Waals surface area contributed by atoms with Gasteiger partial charge in [-0.25, -0.2) is 4.39 Å². The Balaban J connectivity index is 1.54. The molecule has 3 aromatic rings. The summed E-state index contributed by atoms with van der Waals surface area (Å²) in [6.07, 6.45) is 6.79. The highest BCUT2D eigenvalue weighted by molar-refractivity contribution is 6.08. The van der Waals surface area contributed by atoms with Crippen LogP contribution in [0.5, 0.6) is 0 Å². The van der Waals surface area contributed by atoms with Crippen LogP contribution in [0.4, 0.5) is 10.1 Å². The number of carbonyl (C=O) groups is 1. The number of ketones is 1. The van der Waals surface area contributed by atoms with Crippen LogP contribution >= 0.6 is 0 Å². The fourth-order valence-electron chi connectivity index (χ4n) is 4.56. The van der Waals surface area contributed by atoms with Gasteiger partial charge in [-0.2, -0.15) is 0 Å². The van der Waals surface area contributed by atoms with Crippen LogP contribution in [0.2, 0.25) is 0 Å². The number of rotatable bonds is 6. The summed E-state index contributed by atoms with van der Waals surface area (Å²) < 4.78 is 17.2. The molecule has 5 nitrogen and oxygen atoms in total. The topological polar surface area (TPSA) is 45.6 Å². The number of fused-ring (bicyclic) bond motifs is 1. The van der Waals surface area contributed by atoms with Gasteiger partial charge in [0, 0.05) is 43.8 Å². The van der Waals surface area contributed by atoms with Gasteiger partial charge in [0.2, 0.25) is 5.43 Å². The SMILES string of the molecule is CCN1CCN(c2cc3c(cc2F)c(=O)c(C(=O)C=Cc2ccccc2)cn3C2CC2)CC1. The van der Waals surface area contributed by atoms with Gasteiger partial charge in [0.1, 0.15) is 5.82 Å². The molecule has 170 valence electrons. The standard InChI is InChI=1S/C27H28FN3O2/c1-2-29-12-14-30(15-13-29)25-17-24-21(16-23(25)28)27(33)22(18-31(24)20-9-10-20)26(32)11-8-19-6-4-3-5-7-19/h3-8,11,16-18,20H,2,9-10,12-15H2,1H3. The normalized spacial score (nSPS) is 17.2. The van der Waals surface area contributed by atoms with Crippen LogP contribution in [0.1, 0.15) is 41.7 Å². The Morgan fingerprint density at radius 1 is 1.09 bits per heavy atom. The first-order valence-corrected chi connectivity index (χ1v) is 11.7. The van der Waals surface area contributed by atoms with E-state index < -0.39 is 11.2 Å². The van der Waals surface area contributed by atoms with Crippen LogP contribution in [0, 0.1) is 5.82 Å². The molecule has 2 heterocycles. The van der Waals surface area contributed by atoms with Gasteiger partial charge in [-0.3, -0.25) is 9.59 Å². The second-order valence-electron chi connectivity index (χ2n) is 8.86. The molecule has 2 fully saturated rings. The molecule has 0 radical (unpaired) electrons. The molecule has 1 saturated heterocycles. The Labute approximate surface area is 192 Å². The Hall–Kier alpha value is -3.25. The fourth-order valence-corrected chi connectivity index (χ4v) is 4.56. The van der Waals surface area contributed by atoms with E-state index >= 15 is 4.39 Å². The third-order valence-corrected chi connectivity index (χ3v) is 6.69. The molecule has 0 bridgehead atoms. The van der Waals surface area contributed by atoms with Crippen LogP contribution in [-0.4, -0.2) is 48.0 Å². The van der Waals surface area contributed by atoms with Crippen molar-refractivity contribution in [3.05, 3.63) is 81.9 Å². The van der Waals surface area contributed by atoms with E-state index in [4.69, 9.17) is 0 Å². The van der Waals surface area contributed by atoms with Gasteiger partial charge in [-0.15, -0.1) is 0 Å². The van der Waals surface area contributed by atoms with Crippen LogP contribution in [0.25, 0.3) is 17.0 Å². The molecule has 0 unspecified atom stereocenters. The van der Waals surface area contributed by atoms with E-state index in [0.29, 0.717) is 11.2 Å². The van der Waals surface area contributed by atoms with E-state index in [-0.39, 0.29) is 22.8 Å². The molecule has 1 aromatic heterocycles. The van der Waals surface area contributed by atoms with E-state index in [9.17, 15) is 9.59 Å². The predicted octanol–water partition coefficient (Wildman–Crippen LogP) is 4.51. The van der Waals surface area contributed by atoms with Crippen molar-refractivity contribution in [1.82, 2.24) is 9.47 Å². The number of aromatic nitrogens is 1.